The lowest BCUT2D eigenvalue weighted by molar-refractivity contribution is 0.656. The van der Waals surface area contributed by atoms with Gasteiger partial charge in [-0.25, -0.2) is 0 Å². The number of fused-ring (bicyclic) bond motifs is 12. The highest BCUT2D eigenvalue weighted by Crippen LogP contribution is 2.61. The molecular formula is C115H114N2. The molecule has 14 aromatic carbocycles. The van der Waals surface area contributed by atoms with Crippen LogP contribution >= 0.6 is 0 Å². The molecule has 3 aliphatic carbocycles. The van der Waals surface area contributed by atoms with Gasteiger partial charge in [0, 0.05) is 33.2 Å². The van der Waals surface area contributed by atoms with E-state index >= 15 is 0 Å². The van der Waals surface area contributed by atoms with Gasteiger partial charge in [0.25, 0.3) is 0 Å². The van der Waals surface area contributed by atoms with Gasteiger partial charge in [-0.2, -0.15) is 0 Å². The molecule has 0 N–H and O–H groups in total. The zero-order valence-corrected chi connectivity index (χ0v) is 70.4. The summed E-state index contributed by atoms with van der Waals surface area (Å²) in [7, 11) is 0. The Kier molecular flexibility index (Phi) is 21.7. The number of aryl methyl sites for hydroxylation is 6. The van der Waals surface area contributed by atoms with Gasteiger partial charge in [0.1, 0.15) is 0 Å². The van der Waals surface area contributed by atoms with E-state index in [1.54, 1.807) is 0 Å². The summed E-state index contributed by atoms with van der Waals surface area (Å²) in [5.74, 6) is 0. The Morgan fingerprint density at radius 1 is 0.265 bits per heavy atom. The molecule has 117 heavy (non-hydrogen) atoms. The molecule has 1 heterocycles. The summed E-state index contributed by atoms with van der Waals surface area (Å²) in [6, 6.07) is 120. The van der Waals surface area contributed by atoms with E-state index in [-0.39, 0.29) is 5.41 Å². The molecule has 0 saturated heterocycles. The molecule has 0 fully saturated rings. The normalized spacial score (nSPS) is 13.7. The van der Waals surface area contributed by atoms with E-state index in [0.717, 1.165) is 42.7 Å². The van der Waals surface area contributed by atoms with Crippen LogP contribution in [0.4, 0.5) is 17.1 Å². The number of rotatable bonds is 30. The molecule has 0 amide bonds. The molecule has 2 nitrogen and oxygen atoms in total. The van der Waals surface area contributed by atoms with Crippen LogP contribution in [-0.2, 0) is 41.9 Å². The molecule has 0 atom stereocenters. The predicted molar refractivity (Wildman–Crippen MR) is 499 cm³/mol. The summed E-state index contributed by atoms with van der Waals surface area (Å²) >= 11 is 0. The fourth-order valence-corrected chi connectivity index (χ4v) is 20.9. The zero-order valence-electron chi connectivity index (χ0n) is 70.4. The van der Waals surface area contributed by atoms with Gasteiger partial charge in [-0.15, -0.1) is 0 Å². The minimum atomic E-state index is -0.633. The van der Waals surface area contributed by atoms with Gasteiger partial charge in [0.05, 0.1) is 27.6 Å². The molecule has 0 unspecified atom stereocenters. The second-order valence-electron chi connectivity index (χ2n) is 35.0. The van der Waals surface area contributed by atoms with Crippen LogP contribution in [0.15, 0.2) is 303 Å². The quantitative estimate of drug-likeness (QED) is 0.0407. The smallest absolute Gasteiger partial charge is 0.0714 e. The van der Waals surface area contributed by atoms with E-state index in [1.165, 1.54) is 275 Å². The van der Waals surface area contributed by atoms with Crippen molar-refractivity contribution in [2.45, 2.75) is 200 Å². The maximum atomic E-state index is 2.61. The summed E-state index contributed by atoms with van der Waals surface area (Å²) in [6.45, 7) is 18.7. The van der Waals surface area contributed by atoms with Crippen LogP contribution in [0.2, 0.25) is 0 Å². The van der Waals surface area contributed by atoms with Crippen LogP contribution in [0, 0.1) is 13.8 Å². The molecule has 0 aliphatic heterocycles. The number of hydrogen-bond donors (Lipinski definition) is 0. The Labute approximate surface area is 697 Å². The molecule has 0 radical (unpaired) electrons. The molecule has 2 heteroatoms. The molecule has 18 rings (SSSR count). The average molecular weight is 1520 g/mol. The molecule has 584 valence electrons. The van der Waals surface area contributed by atoms with Crippen LogP contribution < -0.4 is 4.90 Å². The minimum Gasteiger partial charge on any atom is -0.310 e. The second kappa shape index (κ2) is 33.0. The second-order valence-corrected chi connectivity index (χ2v) is 35.0. The first-order valence-corrected chi connectivity index (χ1v) is 44.6. The van der Waals surface area contributed by atoms with E-state index in [4.69, 9.17) is 0 Å². The summed E-state index contributed by atoms with van der Waals surface area (Å²) in [6.07, 6.45) is 24.3. The Morgan fingerprint density at radius 2 is 0.615 bits per heavy atom. The van der Waals surface area contributed by atoms with Crippen LogP contribution in [0.25, 0.3) is 83.1 Å². The summed E-state index contributed by atoms with van der Waals surface area (Å²) in [4.78, 5) is 2.61. The fourth-order valence-electron chi connectivity index (χ4n) is 20.9. The van der Waals surface area contributed by atoms with Crippen molar-refractivity contribution in [2.24, 2.45) is 0 Å². The van der Waals surface area contributed by atoms with Crippen LogP contribution in [0.1, 0.15) is 233 Å². The molecule has 15 aromatic rings. The highest BCUT2D eigenvalue weighted by atomic mass is 15.1. The third-order valence-corrected chi connectivity index (χ3v) is 27.0. The molecule has 3 aliphatic rings. The summed E-state index contributed by atoms with van der Waals surface area (Å²) in [5, 5.41) is 2.48. The minimum absolute atomic E-state index is 0.206. The standard InChI is InChI=1S/C115H114N2/c1-9-13-17-22-31-81-43-55-89(56-44-81)114(90-57-45-82(46-58-90)32-23-18-14-10-2)105-73-79(5)41-67-97(105)99-69-65-94(77-107(99)114)116(95-66-70-100-98-68-42-80(6)74-106(98)115(108(100)78-95,91-59-47-83(48-60-91)33-24-19-15-11-3)92-61-49-84(50-62-92)34-25-20-16-12-4)93-63-51-86(52-64-93)88-54-72-110-103(76-88)102-75-87(85-35-26-21-27-36-85)53-71-109(102)117(110)111-40-30-38-101-96-37-28-29-39-104(96)113(7,8)112(101)111/h21,26-30,35-78H,9-20,22-25,31-34H2,1-8H3. The van der Waals surface area contributed by atoms with E-state index < -0.39 is 10.8 Å². The Bertz CT molecular complexity index is 5750. The van der Waals surface area contributed by atoms with Crippen molar-refractivity contribution >= 4 is 38.9 Å². The van der Waals surface area contributed by atoms with Crippen LogP contribution in [0.5, 0.6) is 0 Å². The van der Waals surface area contributed by atoms with Gasteiger partial charge < -0.3 is 9.47 Å². The monoisotopic (exact) mass is 1520 g/mol. The highest BCUT2D eigenvalue weighted by molar-refractivity contribution is 6.12. The number of aromatic nitrogens is 1. The van der Waals surface area contributed by atoms with E-state index in [1.807, 2.05) is 0 Å². The van der Waals surface area contributed by atoms with Gasteiger partial charge >= 0.3 is 0 Å². The van der Waals surface area contributed by atoms with Crippen molar-refractivity contribution in [3.05, 3.63) is 392 Å². The zero-order chi connectivity index (χ0) is 79.8. The Balaban J connectivity index is 0.840. The Hall–Kier alpha value is -11.3. The molecular weight excluding hydrogens is 1410 g/mol. The van der Waals surface area contributed by atoms with Crippen molar-refractivity contribution < 1.29 is 0 Å². The third kappa shape index (κ3) is 13.9. The SMILES string of the molecule is CCCCCCc1ccc(C2(c3ccc(CCCCCC)cc3)c3cc(C)ccc3-c3ccc(N(c4ccc(-c5ccc6c(c5)c5cc(-c7ccccc7)ccc5n6-c5cccc6c5C(C)(C)c5ccccc5-6)cc4)c4ccc5c(c4)C(c4ccc(CCCCCC)cc4)(c4ccc(CCCCCC)cc4)c4cc(C)ccc4-5)cc32)cc1. The molecule has 0 saturated carbocycles. The van der Waals surface area contributed by atoms with Gasteiger partial charge in [-0.1, -0.05) is 366 Å². The molecule has 1 aromatic heterocycles. The van der Waals surface area contributed by atoms with Crippen molar-refractivity contribution in [1.29, 1.82) is 0 Å². The van der Waals surface area contributed by atoms with Gasteiger partial charge in [0.15, 0.2) is 0 Å². The van der Waals surface area contributed by atoms with Gasteiger partial charge in [0.2, 0.25) is 0 Å². The predicted octanol–water partition coefficient (Wildman–Crippen LogP) is 31.7. The summed E-state index contributed by atoms with van der Waals surface area (Å²) < 4.78 is 2.57. The lowest BCUT2D eigenvalue weighted by Crippen LogP contribution is -2.29. The number of nitrogens with zero attached hydrogens (tertiary/aromatic N) is 2. The lowest BCUT2D eigenvalue weighted by Gasteiger charge is -2.36. The third-order valence-electron chi connectivity index (χ3n) is 27.0. The van der Waals surface area contributed by atoms with E-state index in [9.17, 15) is 0 Å². The summed E-state index contributed by atoms with van der Waals surface area (Å²) in [5.41, 5.74) is 39.6. The fraction of sp³-hybridized carbons (Fsp3) is 0.270. The first-order valence-electron chi connectivity index (χ1n) is 44.6. The first kappa shape index (κ1) is 76.9. The van der Waals surface area contributed by atoms with E-state index in [0.29, 0.717) is 0 Å². The van der Waals surface area contributed by atoms with Gasteiger partial charge in [-0.3, -0.25) is 0 Å². The number of anilines is 3. The van der Waals surface area contributed by atoms with Crippen molar-refractivity contribution in [3.63, 3.8) is 0 Å². The molecule has 0 bridgehead atoms. The lowest BCUT2D eigenvalue weighted by atomic mass is 9.67. The van der Waals surface area contributed by atoms with Crippen LogP contribution in [0.3, 0.4) is 0 Å². The first-order chi connectivity index (χ1) is 57.4. The highest BCUT2D eigenvalue weighted by Gasteiger charge is 2.49. The number of hydrogen-bond acceptors (Lipinski definition) is 1. The van der Waals surface area contributed by atoms with Crippen LogP contribution in [-0.4, -0.2) is 4.57 Å². The Morgan fingerprint density at radius 3 is 1.03 bits per heavy atom. The maximum Gasteiger partial charge on any atom is 0.0714 e. The maximum absolute atomic E-state index is 2.61. The number of benzene rings is 14. The topological polar surface area (TPSA) is 8.17 Å². The number of unbranched alkanes of at least 4 members (excludes halogenated alkanes) is 12. The van der Waals surface area contributed by atoms with E-state index in [2.05, 4.69) is 368 Å². The average Bonchev–Trinajstić information content (AvgIpc) is 1.57. The van der Waals surface area contributed by atoms with Crippen molar-refractivity contribution in [2.75, 3.05) is 4.90 Å². The van der Waals surface area contributed by atoms with Gasteiger partial charge in [-0.05, 0) is 265 Å². The van der Waals surface area contributed by atoms with Crippen molar-refractivity contribution in [1.82, 2.24) is 4.57 Å². The largest absolute Gasteiger partial charge is 0.310 e. The molecule has 0 spiro atoms. The van der Waals surface area contributed by atoms with Crippen molar-refractivity contribution in [3.8, 4) is 61.3 Å².